The fraction of sp³-hybridized carbons (Fsp3) is 0.143. The molecule has 0 heterocycles. The number of ether oxygens (including phenoxy) is 2. The van der Waals surface area contributed by atoms with Crippen molar-refractivity contribution in [3.8, 4) is 11.5 Å². The maximum atomic E-state index is 12.6. The summed E-state index contributed by atoms with van der Waals surface area (Å²) in [6, 6.07) is 9.14. The first-order chi connectivity index (χ1) is 10.4. The number of benzene rings is 2. The van der Waals surface area contributed by atoms with E-state index in [0.717, 1.165) is 0 Å². The van der Waals surface area contributed by atoms with E-state index in [2.05, 4.69) is 4.72 Å². The van der Waals surface area contributed by atoms with Gasteiger partial charge in [-0.1, -0.05) is 29.3 Å². The maximum absolute atomic E-state index is 12.6. The number of rotatable bonds is 5. The van der Waals surface area contributed by atoms with Crippen LogP contribution in [0.3, 0.4) is 0 Å². The highest BCUT2D eigenvalue weighted by Crippen LogP contribution is 2.34. The molecule has 0 spiro atoms. The van der Waals surface area contributed by atoms with Gasteiger partial charge in [0.25, 0.3) is 10.0 Å². The lowest BCUT2D eigenvalue weighted by atomic mass is 10.3. The van der Waals surface area contributed by atoms with Crippen LogP contribution in [0, 0.1) is 0 Å². The van der Waals surface area contributed by atoms with Crippen LogP contribution in [0.4, 0.5) is 5.69 Å². The van der Waals surface area contributed by atoms with E-state index in [1.807, 2.05) is 0 Å². The SMILES string of the molecule is COc1ccc(OC)c(S(=O)(=O)Nc2c(Cl)cccc2Cl)c1. The predicted molar refractivity (Wildman–Crippen MR) is 86.8 cm³/mol. The number of sulfonamides is 1. The third kappa shape index (κ3) is 3.40. The minimum absolute atomic E-state index is 0.0784. The second-order valence-corrected chi connectivity index (χ2v) is 6.68. The molecule has 0 saturated heterocycles. The first kappa shape index (κ1) is 16.7. The Balaban J connectivity index is 2.51. The first-order valence-electron chi connectivity index (χ1n) is 6.08. The van der Waals surface area contributed by atoms with E-state index in [9.17, 15) is 8.42 Å². The minimum atomic E-state index is -3.96. The van der Waals surface area contributed by atoms with E-state index in [4.69, 9.17) is 32.7 Å². The summed E-state index contributed by atoms with van der Waals surface area (Å²) >= 11 is 12.0. The fourth-order valence-corrected chi connectivity index (χ4v) is 3.67. The van der Waals surface area contributed by atoms with E-state index >= 15 is 0 Å². The van der Waals surface area contributed by atoms with Gasteiger partial charge in [0.05, 0.1) is 30.0 Å². The standard InChI is InChI=1S/C14H13Cl2NO4S/c1-20-9-6-7-12(21-2)13(8-9)22(18,19)17-14-10(15)4-3-5-11(14)16/h3-8,17H,1-2H3. The molecule has 1 N–H and O–H groups in total. The van der Waals surface area contributed by atoms with Gasteiger partial charge in [-0.2, -0.15) is 0 Å². The molecular weight excluding hydrogens is 349 g/mol. The molecule has 0 aliphatic heterocycles. The highest BCUT2D eigenvalue weighted by atomic mass is 35.5. The molecule has 0 aromatic heterocycles. The molecule has 2 aromatic carbocycles. The van der Waals surface area contributed by atoms with Crippen LogP contribution >= 0.6 is 23.2 Å². The second kappa shape index (κ2) is 6.64. The van der Waals surface area contributed by atoms with E-state index in [-0.39, 0.29) is 26.4 Å². The van der Waals surface area contributed by atoms with E-state index in [0.29, 0.717) is 5.75 Å². The van der Waals surface area contributed by atoms with Crippen LogP contribution in [-0.4, -0.2) is 22.6 Å². The summed E-state index contributed by atoms with van der Waals surface area (Å²) in [7, 11) is -1.14. The fourth-order valence-electron chi connectivity index (χ4n) is 1.78. The zero-order chi connectivity index (χ0) is 16.3. The molecule has 8 heteroatoms. The molecule has 118 valence electrons. The van der Waals surface area contributed by atoms with Crippen LogP contribution in [0.5, 0.6) is 11.5 Å². The maximum Gasteiger partial charge on any atom is 0.265 e. The van der Waals surface area contributed by atoms with Gasteiger partial charge in [0.15, 0.2) is 0 Å². The molecule has 5 nitrogen and oxygen atoms in total. The van der Waals surface area contributed by atoms with E-state index in [1.54, 1.807) is 12.1 Å². The van der Waals surface area contributed by atoms with Crippen LogP contribution in [-0.2, 0) is 10.0 Å². The van der Waals surface area contributed by atoms with Crippen molar-refractivity contribution in [1.29, 1.82) is 0 Å². The largest absolute Gasteiger partial charge is 0.497 e. The van der Waals surface area contributed by atoms with Gasteiger partial charge in [0.1, 0.15) is 16.4 Å². The second-order valence-electron chi connectivity index (χ2n) is 4.22. The minimum Gasteiger partial charge on any atom is -0.497 e. The Bertz CT molecular complexity index is 773. The number of para-hydroxylation sites is 1. The predicted octanol–water partition coefficient (Wildman–Crippen LogP) is 3.81. The number of hydrogen-bond acceptors (Lipinski definition) is 4. The lowest BCUT2D eigenvalue weighted by molar-refractivity contribution is 0.392. The first-order valence-corrected chi connectivity index (χ1v) is 8.32. The topological polar surface area (TPSA) is 64.6 Å². The number of halogens is 2. The average molecular weight is 362 g/mol. The quantitative estimate of drug-likeness (QED) is 0.879. The molecule has 0 unspecified atom stereocenters. The van der Waals surface area contributed by atoms with Crippen molar-refractivity contribution in [3.05, 3.63) is 46.4 Å². The Morgan fingerprint density at radius 1 is 1.00 bits per heavy atom. The monoisotopic (exact) mass is 361 g/mol. The molecule has 0 fully saturated rings. The van der Waals surface area contributed by atoms with Gasteiger partial charge in [-0.15, -0.1) is 0 Å². The lowest BCUT2D eigenvalue weighted by Crippen LogP contribution is -2.15. The van der Waals surface area contributed by atoms with E-state index in [1.165, 1.54) is 38.5 Å². The molecule has 2 aromatic rings. The van der Waals surface area contributed by atoms with Crippen molar-refractivity contribution in [3.63, 3.8) is 0 Å². The van der Waals surface area contributed by atoms with Gasteiger partial charge >= 0.3 is 0 Å². The summed E-state index contributed by atoms with van der Waals surface area (Å²) in [6.07, 6.45) is 0. The third-order valence-corrected chi connectivity index (χ3v) is 4.86. The van der Waals surface area contributed by atoms with Crippen LogP contribution in [0.1, 0.15) is 0 Å². The Labute approximate surface area is 138 Å². The molecule has 0 aliphatic carbocycles. The van der Waals surface area contributed by atoms with Gasteiger partial charge in [-0.05, 0) is 24.3 Å². The summed E-state index contributed by atoms with van der Waals surface area (Å²) in [6.45, 7) is 0. The summed E-state index contributed by atoms with van der Waals surface area (Å²) in [5.41, 5.74) is 0.107. The molecular formula is C14H13Cl2NO4S. The van der Waals surface area contributed by atoms with Crippen molar-refractivity contribution in [2.24, 2.45) is 0 Å². The summed E-state index contributed by atoms with van der Waals surface area (Å²) in [4.78, 5) is -0.0784. The Kier molecular flexibility index (Phi) is 5.05. The Morgan fingerprint density at radius 3 is 2.18 bits per heavy atom. The van der Waals surface area contributed by atoms with Crippen LogP contribution in [0.2, 0.25) is 10.0 Å². The van der Waals surface area contributed by atoms with Crippen LogP contribution in [0.15, 0.2) is 41.3 Å². The van der Waals surface area contributed by atoms with Crippen molar-refractivity contribution in [1.82, 2.24) is 0 Å². The summed E-state index contributed by atoms with van der Waals surface area (Å²) in [5, 5.41) is 0.385. The average Bonchev–Trinajstić information content (AvgIpc) is 2.50. The number of hydrogen-bond donors (Lipinski definition) is 1. The number of nitrogens with one attached hydrogen (secondary N) is 1. The van der Waals surface area contributed by atoms with Gasteiger partial charge in [-0.25, -0.2) is 8.42 Å². The van der Waals surface area contributed by atoms with Crippen LogP contribution in [0.25, 0.3) is 0 Å². The van der Waals surface area contributed by atoms with Gasteiger partial charge < -0.3 is 9.47 Å². The Hall–Kier alpha value is -1.63. The van der Waals surface area contributed by atoms with Gasteiger partial charge in [-0.3, -0.25) is 4.72 Å². The molecule has 0 saturated carbocycles. The molecule has 0 atom stereocenters. The summed E-state index contributed by atoms with van der Waals surface area (Å²) < 4.78 is 37.7. The Morgan fingerprint density at radius 2 is 1.64 bits per heavy atom. The van der Waals surface area contributed by atoms with Crippen molar-refractivity contribution in [2.45, 2.75) is 4.90 Å². The number of anilines is 1. The van der Waals surface area contributed by atoms with Crippen molar-refractivity contribution in [2.75, 3.05) is 18.9 Å². The van der Waals surface area contributed by atoms with Gasteiger partial charge in [0.2, 0.25) is 0 Å². The highest BCUT2D eigenvalue weighted by molar-refractivity contribution is 7.92. The molecule has 0 bridgehead atoms. The smallest absolute Gasteiger partial charge is 0.265 e. The normalized spacial score (nSPS) is 11.1. The van der Waals surface area contributed by atoms with Gasteiger partial charge in [0, 0.05) is 6.07 Å². The molecule has 22 heavy (non-hydrogen) atoms. The molecule has 0 amide bonds. The molecule has 0 radical (unpaired) electrons. The highest BCUT2D eigenvalue weighted by Gasteiger charge is 2.22. The number of methoxy groups -OCH3 is 2. The lowest BCUT2D eigenvalue weighted by Gasteiger charge is -2.14. The third-order valence-electron chi connectivity index (χ3n) is 2.86. The van der Waals surface area contributed by atoms with E-state index < -0.39 is 10.0 Å². The molecule has 0 aliphatic rings. The summed E-state index contributed by atoms with van der Waals surface area (Å²) in [5.74, 6) is 0.558. The van der Waals surface area contributed by atoms with Crippen molar-refractivity contribution >= 4 is 38.9 Å². The molecule has 2 rings (SSSR count). The zero-order valence-electron chi connectivity index (χ0n) is 11.8. The zero-order valence-corrected chi connectivity index (χ0v) is 14.1. The van der Waals surface area contributed by atoms with Crippen molar-refractivity contribution < 1.29 is 17.9 Å². The van der Waals surface area contributed by atoms with Crippen LogP contribution < -0.4 is 14.2 Å².